The van der Waals surface area contributed by atoms with Crippen LogP contribution in [0, 0.1) is 0 Å². The maximum atomic E-state index is 10.7. The molecule has 5 N–H and O–H groups in total. The third-order valence-corrected chi connectivity index (χ3v) is 3.00. The van der Waals surface area contributed by atoms with Gasteiger partial charge in [0.2, 0.25) is 10.0 Å². The number of hydrogen-bond acceptors (Lipinski definition) is 5. The van der Waals surface area contributed by atoms with E-state index in [1.807, 2.05) is 0 Å². The van der Waals surface area contributed by atoms with Crippen molar-refractivity contribution in [3.8, 4) is 0 Å². The minimum atomic E-state index is -3.52. The fourth-order valence-corrected chi connectivity index (χ4v) is 1.73. The number of rotatable bonds is 4. The number of nitrogens with two attached hydrogens (primary N) is 2. The summed E-state index contributed by atoms with van der Waals surface area (Å²) in [6.07, 6.45) is 0. The van der Waals surface area contributed by atoms with E-state index in [-0.39, 0.29) is 34.0 Å². The van der Waals surface area contributed by atoms with Gasteiger partial charge >= 0.3 is 0 Å². The molecular weight excluding hydrogens is 275 g/mol. The minimum Gasteiger partial charge on any atom is -0.382 e. The molecule has 0 saturated carbocycles. The molecule has 0 aliphatic rings. The topological polar surface area (TPSA) is 111 Å². The highest BCUT2D eigenvalue weighted by molar-refractivity contribution is 7.89. The highest BCUT2D eigenvalue weighted by Gasteiger charge is 2.08. The molecule has 1 aromatic heterocycles. The lowest BCUT2D eigenvalue weighted by atomic mass is 10.4. The van der Waals surface area contributed by atoms with Crippen molar-refractivity contribution in [2.75, 3.05) is 23.3 Å². The third-order valence-electron chi connectivity index (χ3n) is 1.64. The van der Waals surface area contributed by atoms with E-state index >= 15 is 0 Å². The van der Waals surface area contributed by atoms with E-state index in [4.69, 9.17) is 34.1 Å². The molecule has 0 unspecified atom stereocenters. The van der Waals surface area contributed by atoms with Crippen LogP contribution in [0.5, 0.6) is 0 Å². The summed E-state index contributed by atoms with van der Waals surface area (Å²) in [5, 5.41) is 8.02. The zero-order valence-corrected chi connectivity index (χ0v) is 10.4. The van der Waals surface area contributed by atoms with Crippen LogP contribution in [0.3, 0.4) is 0 Å². The zero-order valence-electron chi connectivity index (χ0n) is 8.07. The molecule has 0 fully saturated rings. The van der Waals surface area contributed by atoms with Crippen molar-refractivity contribution < 1.29 is 8.42 Å². The molecule has 1 aromatic rings. The van der Waals surface area contributed by atoms with Crippen molar-refractivity contribution in [2.45, 2.75) is 0 Å². The van der Waals surface area contributed by atoms with Crippen LogP contribution in [0.25, 0.3) is 0 Å². The Labute approximate surface area is 103 Å². The Hall–Kier alpha value is -0.760. The molecule has 0 bridgehead atoms. The Morgan fingerprint density at radius 3 is 2.56 bits per heavy atom. The van der Waals surface area contributed by atoms with E-state index < -0.39 is 10.0 Å². The van der Waals surface area contributed by atoms with Gasteiger partial charge in [-0.25, -0.2) is 18.5 Å². The molecule has 0 aliphatic heterocycles. The number of sulfonamides is 1. The van der Waals surface area contributed by atoms with Gasteiger partial charge in [0.1, 0.15) is 11.6 Å². The van der Waals surface area contributed by atoms with Crippen LogP contribution < -0.4 is 16.2 Å². The SMILES string of the molecule is Nc1nc(NCCS(N)(=O)=O)c(Cl)cc1Cl. The number of primary sulfonamides is 1. The van der Waals surface area contributed by atoms with Gasteiger partial charge in [-0.05, 0) is 6.07 Å². The van der Waals surface area contributed by atoms with Crippen molar-refractivity contribution in [1.29, 1.82) is 0 Å². The summed E-state index contributed by atoms with van der Waals surface area (Å²) >= 11 is 11.5. The van der Waals surface area contributed by atoms with E-state index in [9.17, 15) is 8.42 Å². The predicted octanol–water partition coefficient (Wildman–Crippen LogP) is 0.671. The molecule has 6 nitrogen and oxygen atoms in total. The molecule has 9 heteroatoms. The summed E-state index contributed by atoms with van der Waals surface area (Å²) in [4.78, 5) is 3.86. The van der Waals surface area contributed by atoms with Gasteiger partial charge < -0.3 is 11.1 Å². The molecule has 0 aliphatic carbocycles. The molecule has 0 spiro atoms. The Morgan fingerprint density at radius 2 is 2.00 bits per heavy atom. The molecule has 0 radical (unpaired) electrons. The number of nitrogens with one attached hydrogen (secondary N) is 1. The van der Waals surface area contributed by atoms with Crippen LogP contribution in [0.15, 0.2) is 6.07 Å². The van der Waals surface area contributed by atoms with Gasteiger partial charge in [-0.1, -0.05) is 23.2 Å². The summed E-state index contributed by atoms with van der Waals surface area (Å²) in [5.41, 5.74) is 5.46. The van der Waals surface area contributed by atoms with Gasteiger partial charge in [-0.2, -0.15) is 0 Å². The number of nitrogens with zero attached hydrogens (tertiary/aromatic N) is 1. The number of pyridine rings is 1. The highest BCUT2D eigenvalue weighted by atomic mass is 35.5. The van der Waals surface area contributed by atoms with E-state index in [1.54, 1.807) is 0 Å². The maximum Gasteiger partial charge on any atom is 0.210 e. The fourth-order valence-electron chi connectivity index (χ4n) is 0.916. The van der Waals surface area contributed by atoms with Crippen molar-refractivity contribution >= 4 is 44.9 Å². The summed E-state index contributed by atoms with van der Waals surface area (Å²) < 4.78 is 21.3. The quantitative estimate of drug-likeness (QED) is 0.753. The Balaban J connectivity index is 2.71. The molecule has 90 valence electrons. The minimum absolute atomic E-state index is 0.0899. The predicted molar refractivity (Wildman–Crippen MR) is 65.1 cm³/mol. The first-order valence-corrected chi connectivity index (χ1v) is 6.62. The summed E-state index contributed by atoms with van der Waals surface area (Å²) in [7, 11) is -3.52. The largest absolute Gasteiger partial charge is 0.382 e. The number of halogens is 2. The zero-order chi connectivity index (χ0) is 12.3. The first-order chi connectivity index (χ1) is 7.29. The lowest BCUT2D eigenvalue weighted by Crippen LogP contribution is -2.22. The Kier molecular flexibility index (Phi) is 4.20. The smallest absolute Gasteiger partial charge is 0.210 e. The average molecular weight is 285 g/mol. The third kappa shape index (κ3) is 4.01. The summed E-state index contributed by atoms with van der Waals surface area (Å²) in [6.45, 7) is 0.0899. The summed E-state index contributed by atoms with van der Waals surface area (Å²) in [6, 6.07) is 1.42. The monoisotopic (exact) mass is 284 g/mol. The van der Waals surface area contributed by atoms with E-state index in [2.05, 4.69) is 10.3 Å². The van der Waals surface area contributed by atoms with Gasteiger partial charge in [-0.15, -0.1) is 0 Å². The maximum absolute atomic E-state index is 10.7. The second-order valence-electron chi connectivity index (χ2n) is 2.98. The van der Waals surface area contributed by atoms with Crippen LogP contribution in [0.1, 0.15) is 0 Å². The second kappa shape index (κ2) is 5.05. The van der Waals surface area contributed by atoms with Gasteiger partial charge in [-0.3, -0.25) is 0 Å². The van der Waals surface area contributed by atoms with Crippen LogP contribution in [0.4, 0.5) is 11.6 Å². The number of nitrogen functional groups attached to an aromatic ring is 1. The van der Waals surface area contributed by atoms with Gasteiger partial charge in [0.05, 0.1) is 15.8 Å². The lowest BCUT2D eigenvalue weighted by Gasteiger charge is -2.08. The van der Waals surface area contributed by atoms with Crippen LogP contribution >= 0.6 is 23.2 Å². The van der Waals surface area contributed by atoms with Crippen molar-refractivity contribution in [1.82, 2.24) is 4.98 Å². The Morgan fingerprint density at radius 1 is 1.38 bits per heavy atom. The van der Waals surface area contributed by atoms with Gasteiger partial charge in [0.25, 0.3) is 0 Å². The summed E-state index contributed by atoms with van der Waals surface area (Å²) in [5.74, 6) is 0.157. The number of aromatic nitrogens is 1. The van der Waals surface area contributed by atoms with E-state index in [0.717, 1.165) is 0 Å². The molecule has 0 atom stereocenters. The number of hydrogen-bond donors (Lipinski definition) is 3. The van der Waals surface area contributed by atoms with E-state index in [0.29, 0.717) is 0 Å². The second-order valence-corrected chi connectivity index (χ2v) is 5.53. The molecular formula is C7H10Cl2N4O2S. The van der Waals surface area contributed by atoms with Gasteiger partial charge in [0.15, 0.2) is 0 Å². The molecule has 1 rings (SSSR count). The highest BCUT2D eigenvalue weighted by Crippen LogP contribution is 2.26. The first-order valence-electron chi connectivity index (χ1n) is 4.15. The molecule has 0 saturated heterocycles. The van der Waals surface area contributed by atoms with Crippen molar-refractivity contribution in [3.63, 3.8) is 0 Å². The van der Waals surface area contributed by atoms with Crippen LogP contribution in [-0.2, 0) is 10.0 Å². The van der Waals surface area contributed by atoms with Crippen LogP contribution in [-0.4, -0.2) is 25.7 Å². The van der Waals surface area contributed by atoms with Crippen molar-refractivity contribution in [3.05, 3.63) is 16.1 Å². The van der Waals surface area contributed by atoms with Crippen LogP contribution in [0.2, 0.25) is 10.0 Å². The fraction of sp³-hybridized carbons (Fsp3) is 0.286. The standard InChI is InChI=1S/C7H10Cl2N4O2S/c8-4-3-5(9)7(13-6(4)10)12-1-2-16(11,14)15/h3H,1-2H2,(H3,10,12,13)(H2,11,14,15). The molecule has 16 heavy (non-hydrogen) atoms. The van der Waals surface area contributed by atoms with Gasteiger partial charge in [0, 0.05) is 6.54 Å². The number of anilines is 2. The lowest BCUT2D eigenvalue weighted by molar-refractivity contribution is 0.598. The molecule has 0 amide bonds. The normalized spacial score (nSPS) is 11.4. The average Bonchev–Trinajstić information content (AvgIpc) is 2.11. The van der Waals surface area contributed by atoms with E-state index in [1.165, 1.54) is 6.07 Å². The first kappa shape index (κ1) is 13.3. The molecule has 0 aromatic carbocycles. The molecule has 1 heterocycles. The Bertz CT molecular complexity index is 491. The van der Waals surface area contributed by atoms with Crippen molar-refractivity contribution in [2.24, 2.45) is 5.14 Å².